The van der Waals surface area contributed by atoms with E-state index in [2.05, 4.69) is 27.8 Å². The third-order valence-electron chi connectivity index (χ3n) is 3.44. The van der Waals surface area contributed by atoms with Gasteiger partial charge < -0.3 is 15.7 Å². The van der Waals surface area contributed by atoms with Gasteiger partial charge in [0.15, 0.2) is 5.96 Å². The van der Waals surface area contributed by atoms with Crippen LogP contribution in [0.5, 0.6) is 0 Å². The van der Waals surface area contributed by atoms with Crippen LogP contribution in [-0.4, -0.2) is 36.5 Å². The Morgan fingerprint density at radius 2 is 1.84 bits per heavy atom. The zero-order valence-electron chi connectivity index (χ0n) is 14.3. The molecule has 2 rings (SSSR count). The molecule has 1 unspecified atom stereocenters. The molecule has 0 heterocycles. The molecule has 4 nitrogen and oxygen atoms in total. The highest BCUT2D eigenvalue weighted by Crippen LogP contribution is 2.17. The SMILES string of the molecule is CCNC(=NCC(O)c1ccccc1F)NCCSc1ccccc1. The van der Waals surface area contributed by atoms with Crippen LogP contribution in [0.3, 0.4) is 0 Å². The van der Waals surface area contributed by atoms with E-state index in [9.17, 15) is 9.50 Å². The number of aliphatic imine (C=N–C) groups is 1. The van der Waals surface area contributed by atoms with Crippen LogP contribution >= 0.6 is 11.8 Å². The summed E-state index contributed by atoms with van der Waals surface area (Å²) < 4.78 is 13.7. The van der Waals surface area contributed by atoms with E-state index in [0.29, 0.717) is 12.5 Å². The van der Waals surface area contributed by atoms with Gasteiger partial charge in [-0.15, -0.1) is 11.8 Å². The van der Waals surface area contributed by atoms with Crippen molar-refractivity contribution in [2.24, 2.45) is 4.99 Å². The van der Waals surface area contributed by atoms with Gasteiger partial charge in [0.2, 0.25) is 0 Å². The molecule has 0 fully saturated rings. The molecular formula is C19H24FN3OS. The number of hydrogen-bond acceptors (Lipinski definition) is 3. The summed E-state index contributed by atoms with van der Waals surface area (Å²) in [6.45, 7) is 3.53. The molecule has 25 heavy (non-hydrogen) atoms. The highest BCUT2D eigenvalue weighted by atomic mass is 32.2. The summed E-state index contributed by atoms with van der Waals surface area (Å²) in [5.74, 6) is 1.10. The Labute approximate surface area is 152 Å². The molecule has 0 saturated carbocycles. The smallest absolute Gasteiger partial charge is 0.191 e. The van der Waals surface area contributed by atoms with Crippen LogP contribution in [0.1, 0.15) is 18.6 Å². The molecule has 0 radical (unpaired) electrons. The van der Waals surface area contributed by atoms with E-state index in [1.807, 2.05) is 25.1 Å². The van der Waals surface area contributed by atoms with E-state index in [1.165, 1.54) is 11.0 Å². The largest absolute Gasteiger partial charge is 0.386 e. The van der Waals surface area contributed by atoms with Crippen molar-refractivity contribution < 1.29 is 9.50 Å². The van der Waals surface area contributed by atoms with Crippen LogP contribution in [0.25, 0.3) is 0 Å². The summed E-state index contributed by atoms with van der Waals surface area (Å²) in [6, 6.07) is 16.4. The van der Waals surface area contributed by atoms with Crippen LogP contribution < -0.4 is 10.6 Å². The monoisotopic (exact) mass is 361 g/mol. The molecule has 0 amide bonds. The summed E-state index contributed by atoms with van der Waals surface area (Å²) >= 11 is 1.76. The Kier molecular flexibility index (Phi) is 8.28. The van der Waals surface area contributed by atoms with Gasteiger partial charge in [0.1, 0.15) is 11.9 Å². The molecule has 2 aromatic rings. The van der Waals surface area contributed by atoms with Crippen LogP contribution in [0.15, 0.2) is 64.5 Å². The quantitative estimate of drug-likeness (QED) is 0.292. The number of halogens is 1. The first kappa shape index (κ1) is 19.3. The minimum Gasteiger partial charge on any atom is -0.386 e. The molecular weight excluding hydrogens is 337 g/mol. The first-order chi connectivity index (χ1) is 12.2. The first-order valence-corrected chi connectivity index (χ1v) is 9.31. The highest BCUT2D eigenvalue weighted by molar-refractivity contribution is 7.99. The normalized spacial score (nSPS) is 12.7. The second-order valence-corrected chi connectivity index (χ2v) is 6.51. The Morgan fingerprint density at radius 1 is 1.12 bits per heavy atom. The number of thioether (sulfide) groups is 1. The van der Waals surface area contributed by atoms with Gasteiger partial charge in [-0.25, -0.2) is 4.39 Å². The number of aliphatic hydroxyl groups is 1. The molecule has 2 aromatic carbocycles. The van der Waals surface area contributed by atoms with E-state index < -0.39 is 11.9 Å². The Bertz CT molecular complexity index is 667. The van der Waals surface area contributed by atoms with Crippen LogP contribution in [0.4, 0.5) is 4.39 Å². The van der Waals surface area contributed by atoms with Crippen molar-refractivity contribution in [1.82, 2.24) is 10.6 Å². The molecule has 0 saturated heterocycles. The molecule has 1 atom stereocenters. The van der Waals surface area contributed by atoms with Crippen molar-refractivity contribution in [3.63, 3.8) is 0 Å². The molecule has 134 valence electrons. The van der Waals surface area contributed by atoms with Gasteiger partial charge in [-0.2, -0.15) is 0 Å². The molecule has 0 aliphatic carbocycles. The summed E-state index contributed by atoms with van der Waals surface area (Å²) in [5.41, 5.74) is 0.265. The number of nitrogens with zero attached hydrogens (tertiary/aromatic N) is 1. The van der Waals surface area contributed by atoms with E-state index in [4.69, 9.17) is 0 Å². The fourth-order valence-corrected chi connectivity index (χ4v) is 3.01. The van der Waals surface area contributed by atoms with Crippen LogP contribution in [0.2, 0.25) is 0 Å². The average molecular weight is 361 g/mol. The van der Waals surface area contributed by atoms with Crippen molar-refractivity contribution in [2.45, 2.75) is 17.9 Å². The zero-order valence-corrected chi connectivity index (χ0v) is 15.1. The number of aliphatic hydroxyl groups excluding tert-OH is 1. The van der Waals surface area contributed by atoms with Gasteiger partial charge in [0.25, 0.3) is 0 Å². The number of guanidine groups is 1. The minimum absolute atomic E-state index is 0.0993. The van der Waals surface area contributed by atoms with Gasteiger partial charge in [-0.1, -0.05) is 36.4 Å². The molecule has 0 aromatic heterocycles. The third kappa shape index (κ3) is 6.76. The van der Waals surface area contributed by atoms with Crippen molar-refractivity contribution in [3.8, 4) is 0 Å². The predicted molar refractivity (Wildman–Crippen MR) is 103 cm³/mol. The van der Waals surface area contributed by atoms with Crippen LogP contribution in [-0.2, 0) is 0 Å². The maximum Gasteiger partial charge on any atom is 0.191 e. The fourth-order valence-electron chi connectivity index (χ4n) is 2.22. The molecule has 0 aliphatic rings. The maximum absolute atomic E-state index is 13.7. The summed E-state index contributed by atoms with van der Waals surface area (Å²) in [4.78, 5) is 5.57. The van der Waals surface area contributed by atoms with Gasteiger partial charge >= 0.3 is 0 Å². The van der Waals surface area contributed by atoms with Crippen LogP contribution in [0, 0.1) is 5.82 Å². The van der Waals surface area contributed by atoms with Crippen molar-refractivity contribution in [3.05, 3.63) is 66.0 Å². The molecule has 3 N–H and O–H groups in total. The molecule has 0 spiro atoms. The minimum atomic E-state index is -0.963. The van der Waals surface area contributed by atoms with Gasteiger partial charge in [-0.3, -0.25) is 4.99 Å². The molecule has 0 bridgehead atoms. The van der Waals surface area contributed by atoms with Crippen molar-refractivity contribution in [1.29, 1.82) is 0 Å². The predicted octanol–water partition coefficient (Wildman–Crippen LogP) is 3.21. The third-order valence-corrected chi connectivity index (χ3v) is 4.45. The van der Waals surface area contributed by atoms with Gasteiger partial charge in [0, 0.05) is 29.3 Å². The van der Waals surface area contributed by atoms with E-state index >= 15 is 0 Å². The van der Waals surface area contributed by atoms with Crippen molar-refractivity contribution >= 4 is 17.7 Å². The van der Waals surface area contributed by atoms with E-state index in [1.54, 1.807) is 30.0 Å². The summed E-state index contributed by atoms with van der Waals surface area (Å²) in [6.07, 6.45) is -0.963. The number of benzene rings is 2. The number of rotatable bonds is 8. The lowest BCUT2D eigenvalue weighted by Crippen LogP contribution is -2.38. The van der Waals surface area contributed by atoms with E-state index in [0.717, 1.165) is 12.3 Å². The second kappa shape index (κ2) is 10.7. The van der Waals surface area contributed by atoms with E-state index in [-0.39, 0.29) is 12.1 Å². The highest BCUT2D eigenvalue weighted by Gasteiger charge is 2.11. The fraction of sp³-hybridized carbons (Fsp3) is 0.316. The van der Waals surface area contributed by atoms with Crippen molar-refractivity contribution in [2.75, 3.05) is 25.4 Å². The average Bonchev–Trinajstić information content (AvgIpc) is 2.64. The lowest BCUT2D eigenvalue weighted by atomic mass is 10.1. The molecule has 0 aliphatic heterocycles. The summed E-state index contributed by atoms with van der Waals surface area (Å²) in [5, 5.41) is 16.5. The maximum atomic E-state index is 13.7. The second-order valence-electron chi connectivity index (χ2n) is 5.35. The topological polar surface area (TPSA) is 56.7 Å². The van der Waals surface area contributed by atoms with Gasteiger partial charge in [0.05, 0.1) is 6.54 Å². The molecule has 6 heteroatoms. The number of nitrogens with one attached hydrogen (secondary N) is 2. The first-order valence-electron chi connectivity index (χ1n) is 8.33. The zero-order chi connectivity index (χ0) is 17.9. The summed E-state index contributed by atoms with van der Waals surface area (Å²) in [7, 11) is 0. The standard InChI is InChI=1S/C19H24FN3OS/c1-2-21-19(22-12-13-25-15-8-4-3-5-9-15)23-14-18(24)16-10-6-7-11-17(16)20/h3-11,18,24H,2,12-14H2,1H3,(H2,21,22,23). The van der Waals surface area contributed by atoms with Gasteiger partial charge in [-0.05, 0) is 25.1 Å². The Hall–Kier alpha value is -2.05. The Balaban J connectivity index is 1.82. The lowest BCUT2D eigenvalue weighted by Gasteiger charge is -2.13. The Morgan fingerprint density at radius 3 is 2.56 bits per heavy atom. The lowest BCUT2D eigenvalue weighted by molar-refractivity contribution is 0.182. The number of hydrogen-bond donors (Lipinski definition) is 3.